The number of aliphatic hydroxyl groups is 1. The van der Waals surface area contributed by atoms with Crippen molar-refractivity contribution in [3.63, 3.8) is 0 Å². The van der Waals surface area contributed by atoms with E-state index in [0.717, 1.165) is 108 Å². The Kier molecular flexibility index (Phi) is 78.5. The van der Waals surface area contributed by atoms with Crippen LogP contribution in [0.25, 0.3) is 0 Å². The van der Waals surface area contributed by atoms with Crippen molar-refractivity contribution in [2.75, 3.05) is 39.6 Å². The molecule has 3 N–H and O–H groups in total. The topological polar surface area (TPSA) is 237 Å². The van der Waals surface area contributed by atoms with Crippen LogP contribution in [0.2, 0.25) is 0 Å². The molecule has 0 saturated heterocycles. The molecule has 17 nitrogen and oxygen atoms in total. The van der Waals surface area contributed by atoms with Gasteiger partial charge >= 0.3 is 39.5 Å². The van der Waals surface area contributed by atoms with Crippen molar-refractivity contribution < 1.29 is 80.2 Å². The smallest absolute Gasteiger partial charge is 0.462 e. The third-order valence-electron chi connectivity index (χ3n) is 22.2. The molecule has 0 spiro atoms. The Morgan fingerprint density at radius 3 is 0.651 bits per heavy atom. The Hall–Kier alpha value is -1.94. The van der Waals surface area contributed by atoms with E-state index in [9.17, 15) is 43.2 Å². The van der Waals surface area contributed by atoms with Gasteiger partial charge in [-0.05, 0) is 43.4 Å². The van der Waals surface area contributed by atoms with E-state index in [1.54, 1.807) is 0 Å². The number of esters is 4. The van der Waals surface area contributed by atoms with Crippen LogP contribution >= 0.6 is 15.6 Å². The third-order valence-corrected chi connectivity index (χ3v) is 24.1. The molecule has 19 heteroatoms. The zero-order valence-corrected chi connectivity index (χ0v) is 73.8. The highest BCUT2D eigenvalue weighted by molar-refractivity contribution is 7.47. The molecule has 5 unspecified atom stereocenters. The number of aliphatic hydroxyl groups excluding tert-OH is 1. The number of unbranched alkanes of at least 4 members (excludes halogenated alkanes) is 53. The van der Waals surface area contributed by atoms with Crippen LogP contribution < -0.4 is 0 Å². The van der Waals surface area contributed by atoms with Gasteiger partial charge in [0.15, 0.2) is 12.2 Å². The van der Waals surface area contributed by atoms with Gasteiger partial charge in [0, 0.05) is 25.7 Å². The van der Waals surface area contributed by atoms with E-state index in [0.29, 0.717) is 25.7 Å². The summed E-state index contributed by atoms with van der Waals surface area (Å²) in [4.78, 5) is 73.3. The fraction of sp³-hybridized carbons (Fsp3) is 0.956. The molecule has 0 heterocycles. The van der Waals surface area contributed by atoms with E-state index >= 15 is 0 Å². The van der Waals surface area contributed by atoms with Crippen LogP contribution in [0.3, 0.4) is 0 Å². The minimum atomic E-state index is -4.97. The Labute approximate surface area is 670 Å². The molecular formula is C90H176O17P2. The van der Waals surface area contributed by atoms with Crippen molar-refractivity contribution in [2.45, 2.75) is 497 Å². The standard InChI is InChI=1S/C90H176O17P2/c1-8-12-13-14-15-16-33-43-50-57-64-71-87(92)100-77-86(107-90(95)74-67-60-53-46-39-38-42-49-56-63-70-83(7)11-4)80-105-109(98,99)103-76-84(91)75-102-108(96,97)104-79-85(106-89(94)73-66-59-52-45-37-32-28-24-20-18-22-26-30-35-41-48-55-62-69-82(6)10-3)78-101-88(93)72-65-58-51-44-36-31-27-23-19-17-21-25-29-34-40-47-54-61-68-81(5)9-2/h81-86,91H,8-80H2,1-7H3,(H,96,97)(H,98,99)/t81?,82?,83?,84-,85-,86-/m1/s1. The first kappa shape index (κ1) is 107. The number of rotatable bonds is 88. The number of phosphoric ester groups is 2. The first-order chi connectivity index (χ1) is 52.8. The highest BCUT2D eigenvalue weighted by atomic mass is 31.2. The summed E-state index contributed by atoms with van der Waals surface area (Å²) in [5, 5.41) is 10.7. The predicted octanol–water partition coefficient (Wildman–Crippen LogP) is 27.6. The van der Waals surface area contributed by atoms with Crippen LogP contribution in [0.15, 0.2) is 0 Å². The molecule has 0 aromatic rings. The molecule has 0 fully saturated rings. The van der Waals surface area contributed by atoms with Crippen molar-refractivity contribution in [3.8, 4) is 0 Å². The summed E-state index contributed by atoms with van der Waals surface area (Å²) in [7, 11) is -9.93. The lowest BCUT2D eigenvalue weighted by Gasteiger charge is -2.21. The predicted molar refractivity (Wildman–Crippen MR) is 451 cm³/mol. The number of ether oxygens (including phenoxy) is 4. The average molecular weight is 1590 g/mol. The van der Waals surface area contributed by atoms with E-state index in [1.165, 1.54) is 289 Å². The van der Waals surface area contributed by atoms with Crippen LogP contribution in [0, 0.1) is 17.8 Å². The lowest BCUT2D eigenvalue weighted by atomic mass is 9.99. The Morgan fingerprint density at radius 2 is 0.440 bits per heavy atom. The van der Waals surface area contributed by atoms with Crippen LogP contribution in [0.5, 0.6) is 0 Å². The van der Waals surface area contributed by atoms with Gasteiger partial charge in [-0.2, -0.15) is 0 Å². The minimum absolute atomic E-state index is 0.107. The maximum Gasteiger partial charge on any atom is 0.472 e. The summed E-state index contributed by atoms with van der Waals surface area (Å²) >= 11 is 0. The van der Waals surface area contributed by atoms with Gasteiger partial charge in [-0.15, -0.1) is 0 Å². The van der Waals surface area contributed by atoms with Crippen molar-refractivity contribution in [1.82, 2.24) is 0 Å². The first-order valence-corrected chi connectivity index (χ1v) is 49.5. The number of phosphoric acid groups is 2. The van der Waals surface area contributed by atoms with Gasteiger partial charge in [-0.3, -0.25) is 37.3 Å². The molecule has 0 aliphatic carbocycles. The Bertz CT molecular complexity index is 2100. The minimum Gasteiger partial charge on any atom is -0.462 e. The number of hydrogen-bond acceptors (Lipinski definition) is 15. The summed E-state index contributed by atoms with van der Waals surface area (Å²) in [6.07, 6.45) is 72.1. The van der Waals surface area contributed by atoms with Gasteiger partial charge in [-0.1, -0.05) is 427 Å². The molecule has 0 aliphatic rings. The van der Waals surface area contributed by atoms with Gasteiger partial charge in [-0.25, -0.2) is 9.13 Å². The van der Waals surface area contributed by atoms with E-state index < -0.39 is 97.5 Å². The first-order valence-electron chi connectivity index (χ1n) is 46.5. The molecule has 648 valence electrons. The summed E-state index contributed by atoms with van der Waals surface area (Å²) in [5.41, 5.74) is 0. The van der Waals surface area contributed by atoms with E-state index in [1.807, 2.05) is 0 Å². The van der Waals surface area contributed by atoms with Gasteiger partial charge < -0.3 is 33.8 Å². The molecular weight excluding hydrogens is 1410 g/mol. The van der Waals surface area contributed by atoms with Gasteiger partial charge in [0.25, 0.3) is 0 Å². The lowest BCUT2D eigenvalue weighted by molar-refractivity contribution is -0.161. The molecule has 0 saturated carbocycles. The average Bonchev–Trinajstić information content (AvgIpc) is 0.899. The maximum atomic E-state index is 13.2. The van der Waals surface area contributed by atoms with Crippen LogP contribution in [-0.4, -0.2) is 96.7 Å². The van der Waals surface area contributed by atoms with Crippen LogP contribution in [0.4, 0.5) is 0 Å². The van der Waals surface area contributed by atoms with Crippen molar-refractivity contribution in [1.29, 1.82) is 0 Å². The monoisotopic (exact) mass is 1590 g/mol. The molecule has 0 amide bonds. The molecule has 0 aromatic heterocycles. The number of hydrogen-bond donors (Lipinski definition) is 3. The highest BCUT2D eigenvalue weighted by Gasteiger charge is 2.31. The van der Waals surface area contributed by atoms with E-state index in [4.69, 9.17) is 37.0 Å². The van der Waals surface area contributed by atoms with Gasteiger partial charge in [0.1, 0.15) is 19.3 Å². The van der Waals surface area contributed by atoms with Crippen molar-refractivity contribution in [3.05, 3.63) is 0 Å². The second kappa shape index (κ2) is 79.9. The Morgan fingerprint density at radius 1 is 0.257 bits per heavy atom. The quantitative estimate of drug-likeness (QED) is 0.0222. The zero-order chi connectivity index (χ0) is 80.0. The lowest BCUT2D eigenvalue weighted by Crippen LogP contribution is -2.30. The second-order valence-corrected chi connectivity index (χ2v) is 36.0. The van der Waals surface area contributed by atoms with E-state index in [-0.39, 0.29) is 25.7 Å². The fourth-order valence-electron chi connectivity index (χ4n) is 14.0. The number of carbonyl (C=O) groups is 4. The van der Waals surface area contributed by atoms with Crippen molar-refractivity contribution >= 4 is 39.5 Å². The van der Waals surface area contributed by atoms with Crippen LogP contribution in [-0.2, 0) is 65.4 Å². The highest BCUT2D eigenvalue weighted by Crippen LogP contribution is 2.45. The zero-order valence-electron chi connectivity index (χ0n) is 72.0. The van der Waals surface area contributed by atoms with Crippen molar-refractivity contribution in [2.24, 2.45) is 17.8 Å². The number of carbonyl (C=O) groups excluding carboxylic acids is 4. The largest absolute Gasteiger partial charge is 0.472 e. The summed E-state index contributed by atoms with van der Waals surface area (Å²) in [5.74, 6) is 0.448. The summed E-state index contributed by atoms with van der Waals surface area (Å²) in [6, 6.07) is 0. The molecule has 0 aliphatic heterocycles. The van der Waals surface area contributed by atoms with Gasteiger partial charge in [0.05, 0.1) is 26.4 Å². The molecule has 109 heavy (non-hydrogen) atoms. The Balaban J connectivity index is 5.22. The fourth-order valence-corrected chi connectivity index (χ4v) is 15.6. The molecule has 0 rings (SSSR count). The van der Waals surface area contributed by atoms with E-state index in [2.05, 4.69) is 48.5 Å². The third kappa shape index (κ3) is 79.7. The second-order valence-electron chi connectivity index (χ2n) is 33.1. The molecule has 0 radical (unpaired) electrons. The van der Waals surface area contributed by atoms with Gasteiger partial charge in [0.2, 0.25) is 0 Å². The molecule has 8 atom stereocenters. The molecule has 0 aromatic carbocycles. The summed E-state index contributed by atoms with van der Waals surface area (Å²) in [6.45, 7) is 12.2. The maximum absolute atomic E-state index is 13.2. The van der Waals surface area contributed by atoms with Crippen LogP contribution in [0.1, 0.15) is 479 Å². The molecule has 0 bridgehead atoms. The SMILES string of the molecule is CCCCCCCCCCCCCC(=O)OC[C@H](COP(=O)(O)OC[C@H](O)COP(=O)(O)OC[C@@H](COC(=O)CCCCCCCCCCCCCCCCCCCCC(C)CC)OC(=O)CCCCCCCCCCCCCCCCCCCCC(C)CC)OC(=O)CCCCCCCCCCCCC(C)CC. The summed E-state index contributed by atoms with van der Waals surface area (Å²) < 4.78 is 69.0. The normalized spacial score (nSPS) is 14.6.